The number of nitrogens with zero attached hydrogens (tertiary/aromatic N) is 3. The van der Waals surface area contributed by atoms with Crippen LogP contribution in [-0.2, 0) is 0 Å². The van der Waals surface area contributed by atoms with Gasteiger partial charge in [0.25, 0.3) is 0 Å². The Kier molecular flexibility index (Phi) is 8.73. The van der Waals surface area contributed by atoms with E-state index in [0.717, 1.165) is 38.1 Å². The highest BCUT2D eigenvalue weighted by atomic mass is 19.1. The second-order valence-electron chi connectivity index (χ2n) is 8.48. The van der Waals surface area contributed by atoms with E-state index in [1.807, 2.05) is 42.3 Å². The van der Waals surface area contributed by atoms with Crippen molar-refractivity contribution in [3.05, 3.63) is 53.8 Å². The fourth-order valence-electron chi connectivity index (χ4n) is 4.07. The van der Waals surface area contributed by atoms with Crippen LogP contribution >= 0.6 is 0 Å². The number of anilines is 2. The van der Waals surface area contributed by atoms with E-state index < -0.39 is 6.23 Å². The van der Waals surface area contributed by atoms with E-state index in [-0.39, 0.29) is 12.4 Å². The lowest BCUT2D eigenvalue weighted by Crippen LogP contribution is -2.36. The number of unbranched alkanes of at least 4 members (excludes halogenated alkanes) is 1. The molecule has 1 aliphatic heterocycles. The van der Waals surface area contributed by atoms with Crippen molar-refractivity contribution in [3.63, 3.8) is 0 Å². The Morgan fingerprint density at radius 3 is 2.59 bits per heavy atom. The Hall–Kier alpha value is -2.35. The molecule has 0 amide bonds. The number of halogens is 1. The normalized spacial score (nSPS) is 17.1. The molecule has 2 unspecified atom stereocenters. The third-order valence-electron chi connectivity index (χ3n) is 6.23. The van der Waals surface area contributed by atoms with Crippen LogP contribution in [0.25, 0.3) is 0 Å². The molecule has 0 bridgehead atoms. The molecule has 2 atom stereocenters. The van der Waals surface area contributed by atoms with Gasteiger partial charge in [-0.25, -0.2) is 4.39 Å². The van der Waals surface area contributed by atoms with Crippen molar-refractivity contribution in [3.8, 4) is 5.75 Å². The summed E-state index contributed by atoms with van der Waals surface area (Å²) in [5.41, 5.74) is 1.90. The molecule has 2 aromatic rings. The fraction of sp³-hybridized carbons (Fsp3) is 0.520. The lowest BCUT2D eigenvalue weighted by atomic mass is 10.1. The molecule has 1 aliphatic rings. The van der Waals surface area contributed by atoms with Crippen LogP contribution in [0, 0.1) is 5.82 Å². The summed E-state index contributed by atoms with van der Waals surface area (Å²) in [5.74, 6) is 0.479. The summed E-state index contributed by atoms with van der Waals surface area (Å²) >= 11 is 0. The molecule has 1 saturated heterocycles. The van der Waals surface area contributed by atoms with E-state index in [2.05, 4.69) is 11.8 Å². The van der Waals surface area contributed by atoms with Crippen LogP contribution in [0.3, 0.4) is 0 Å². The van der Waals surface area contributed by atoms with Crippen LogP contribution in [-0.4, -0.2) is 68.1 Å². The standard InChI is InChI=1S/C25H36FN3O3/c1-4-5-16-32-22-9-6-19(7-10-22)25(31)28(3)20-8-11-24(23(26)17-20)29-13-12-21(18-29)27(2)14-15-30/h6-11,17,21,25,30-31H,4-5,12-16,18H2,1-3H3. The maximum atomic E-state index is 15.0. The van der Waals surface area contributed by atoms with E-state index in [0.29, 0.717) is 36.1 Å². The van der Waals surface area contributed by atoms with E-state index in [1.54, 1.807) is 18.0 Å². The lowest BCUT2D eigenvalue weighted by molar-refractivity contribution is 0.178. The van der Waals surface area contributed by atoms with E-state index in [1.165, 1.54) is 6.07 Å². The molecule has 0 aromatic heterocycles. The summed E-state index contributed by atoms with van der Waals surface area (Å²) in [6.45, 7) is 5.06. The molecule has 0 radical (unpaired) electrons. The molecule has 32 heavy (non-hydrogen) atoms. The van der Waals surface area contributed by atoms with Gasteiger partial charge in [0.2, 0.25) is 0 Å². The van der Waals surface area contributed by atoms with Gasteiger partial charge in [0.1, 0.15) is 11.6 Å². The average molecular weight is 446 g/mol. The molecule has 0 saturated carbocycles. The number of ether oxygens (including phenoxy) is 1. The molecule has 0 aliphatic carbocycles. The molecule has 0 spiro atoms. The minimum atomic E-state index is -0.895. The molecule has 176 valence electrons. The molecular formula is C25H36FN3O3. The molecule has 2 N–H and O–H groups in total. The minimum absolute atomic E-state index is 0.124. The molecular weight excluding hydrogens is 409 g/mol. The summed E-state index contributed by atoms with van der Waals surface area (Å²) in [6.07, 6.45) is 2.13. The van der Waals surface area contributed by atoms with Crippen molar-refractivity contribution >= 4 is 11.4 Å². The van der Waals surface area contributed by atoms with Crippen molar-refractivity contribution in [2.45, 2.75) is 38.5 Å². The van der Waals surface area contributed by atoms with Crippen LogP contribution < -0.4 is 14.5 Å². The highest BCUT2D eigenvalue weighted by molar-refractivity contribution is 5.58. The zero-order chi connectivity index (χ0) is 23.1. The van der Waals surface area contributed by atoms with Crippen LogP contribution in [0.4, 0.5) is 15.8 Å². The summed E-state index contributed by atoms with van der Waals surface area (Å²) in [5, 5.41) is 19.9. The van der Waals surface area contributed by atoms with Crippen molar-refractivity contribution < 1.29 is 19.3 Å². The number of likely N-dealkylation sites (N-methyl/N-ethyl adjacent to an activating group) is 1. The van der Waals surface area contributed by atoms with E-state index in [9.17, 15) is 9.50 Å². The van der Waals surface area contributed by atoms with Gasteiger partial charge in [0.15, 0.2) is 6.23 Å². The van der Waals surface area contributed by atoms with Crippen LogP contribution in [0.15, 0.2) is 42.5 Å². The van der Waals surface area contributed by atoms with Crippen molar-refractivity contribution in [2.24, 2.45) is 0 Å². The minimum Gasteiger partial charge on any atom is -0.494 e. The number of rotatable bonds is 11. The average Bonchev–Trinajstić information content (AvgIpc) is 3.29. The van der Waals surface area contributed by atoms with E-state index >= 15 is 0 Å². The first-order valence-corrected chi connectivity index (χ1v) is 11.4. The maximum absolute atomic E-state index is 15.0. The number of aliphatic hydroxyl groups is 2. The molecule has 2 aromatic carbocycles. The Morgan fingerprint density at radius 1 is 1.19 bits per heavy atom. The molecule has 1 fully saturated rings. The van der Waals surface area contributed by atoms with Crippen LogP contribution in [0.1, 0.15) is 38.0 Å². The zero-order valence-electron chi connectivity index (χ0n) is 19.4. The highest BCUT2D eigenvalue weighted by Gasteiger charge is 2.27. The van der Waals surface area contributed by atoms with Gasteiger partial charge in [0, 0.05) is 44.0 Å². The number of hydrogen-bond donors (Lipinski definition) is 2. The number of hydrogen-bond acceptors (Lipinski definition) is 6. The maximum Gasteiger partial charge on any atom is 0.153 e. The summed E-state index contributed by atoms with van der Waals surface area (Å²) in [6, 6.07) is 12.8. The molecule has 3 rings (SSSR count). The topological polar surface area (TPSA) is 59.4 Å². The Labute approximate surface area is 190 Å². The molecule has 1 heterocycles. The third-order valence-corrected chi connectivity index (χ3v) is 6.23. The summed E-state index contributed by atoms with van der Waals surface area (Å²) in [4.78, 5) is 5.82. The first-order chi connectivity index (χ1) is 15.4. The largest absolute Gasteiger partial charge is 0.494 e. The Balaban J connectivity index is 1.64. The lowest BCUT2D eigenvalue weighted by Gasteiger charge is -2.28. The predicted molar refractivity (Wildman–Crippen MR) is 127 cm³/mol. The molecule has 7 heteroatoms. The second-order valence-corrected chi connectivity index (χ2v) is 8.48. The van der Waals surface area contributed by atoms with Gasteiger partial charge in [0.05, 0.1) is 18.9 Å². The Bertz CT molecular complexity index is 849. The number of benzene rings is 2. The first kappa shape index (κ1) is 24.3. The van der Waals surface area contributed by atoms with Gasteiger partial charge in [-0.05, 0) is 50.2 Å². The van der Waals surface area contributed by atoms with Crippen LogP contribution in [0.2, 0.25) is 0 Å². The quantitative estimate of drug-likeness (QED) is 0.407. The Morgan fingerprint density at radius 2 is 1.94 bits per heavy atom. The zero-order valence-corrected chi connectivity index (χ0v) is 19.4. The van der Waals surface area contributed by atoms with Gasteiger partial charge in [-0.15, -0.1) is 0 Å². The van der Waals surface area contributed by atoms with Crippen molar-refractivity contribution in [2.75, 3.05) is 56.7 Å². The second kappa shape index (κ2) is 11.5. The smallest absolute Gasteiger partial charge is 0.153 e. The SMILES string of the molecule is CCCCOc1ccc(C(O)N(C)c2ccc(N3CCC(N(C)CCO)C3)c(F)c2)cc1. The summed E-state index contributed by atoms with van der Waals surface area (Å²) in [7, 11) is 3.74. The highest BCUT2D eigenvalue weighted by Crippen LogP contribution is 2.31. The third kappa shape index (κ3) is 5.91. The first-order valence-electron chi connectivity index (χ1n) is 11.4. The van der Waals surface area contributed by atoms with Gasteiger partial charge in [-0.1, -0.05) is 25.5 Å². The van der Waals surface area contributed by atoms with Crippen LogP contribution in [0.5, 0.6) is 5.75 Å². The summed E-state index contributed by atoms with van der Waals surface area (Å²) < 4.78 is 20.7. The van der Waals surface area contributed by atoms with E-state index in [4.69, 9.17) is 9.84 Å². The van der Waals surface area contributed by atoms with Gasteiger partial charge in [-0.3, -0.25) is 4.90 Å². The van der Waals surface area contributed by atoms with Gasteiger partial charge >= 0.3 is 0 Å². The van der Waals surface area contributed by atoms with Crippen molar-refractivity contribution in [1.29, 1.82) is 0 Å². The monoisotopic (exact) mass is 445 g/mol. The van der Waals surface area contributed by atoms with Gasteiger partial charge in [-0.2, -0.15) is 0 Å². The fourth-order valence-corrected chi connectivity index (χ4v) is 4.07. The predicted octanol–water partition coefficient (Wildman–Crippen LogP) is 3.63. The molecule has 6 nitrogen and oxygen atoms in total. The van der Waals surface area contributed by atoms with Crippen molar-refractivity contribution in [1.82, 2.24) is 4.90 Å². The van der Waals surface area contributed by atoms with Gasteiger partial charge < -0.3 is 24.7 Å². The number of aliphatic hydroxyl groups excluding tert-OH is 2.